The van der Waals surface area contributed by atoms with Crippen LogP contribution < -0.4 is 5.32 Å². The third-order valence-corrected chi connectivity index (χ3v) is 4.66. The van der Waals surface area contributed by atoms with Crippen LogP contribution in [0.2, 0.25) is 0 Å². The number of ketones is 1. The molecule has 0 unspecified atom stereocenters. The van der Waals surface area contributed by atoms with Crippen LogP contribution in [0.4, 0.5) is 0 Å². The van der Waals surface area contributed by atoms with E-state index in [2.05, 4.69) is 17.2 Å². The molecule has 0 spiro atoms. The van der Waals surface area contributed by atoms with Crippen molar-refractivity contribution in [2.75, 3.05) is 6.54 Å². The molecule has 0 radical (unpaired) electrons. The summed E-state index contributed by atoms with van der Waals surface area (Å²) in [6.07, 6.45) is 3.34. The quantitative estimate of drug-likeness (QED) is 0.655. The van der Waals surface area contributed by atoms with Gasteiger partial charge in [-0.3, -0.25) is 9.59 Å². The SMILES string of the molecule is CCC1(CNC(=O)C(=O)c2c(C)[nH]c3ccccc23)CC1. The van der Waals surface area contributed by atoms with Crippen LogP contribution >= 0.6 is 0 Å². The van der Waals surface area contributed by atoms with E-state index in [1.807, 2.05) is 31.2 Å². The predicted molar refractivity (Wildman–Crippen MR) is 82.3 cm³/mol. The van der Waals surface area contributed by atoms with Crippen molar-refractivity contribution < 1.29 is 9.59 Å². The number of para-hydroxylation sites is 1. The van der Waals surface area contributed by atoms with Gasteiger partial charge in [-0.2, -0.15) is 0 Å². The maximum absolute atomic E-state index is 12.4. The second-order valence-corrected chi connectivity index (χ2v) is 6.04. The Kier molecular flexibility index (Phi) is 3.32. The second kappa shape index (κ2) is 5.02. The minimum Gasteiger partial charge on any atom is -0.358 e. The smallest absolute Gasteiger partial charge is 0.292 e. The van der Waals surface area contributed by atoms with Gasteiger partial charge in [0.25, 0.3) is 11.7 Å². The number of hydrogen-bond acceptors (Lipinski definition) is 2. The normalized spacial score (nSPS) is 15.9. The van der Waals surface area contributed by atoms with Crippen LogP contribution in [0.15, 0.2) is 24.3 Å². The average Bonchev–Trinajstić information content (AvgIpc) is 3.20. The lowest BCUT2D eigenvalue weighted by molar-refractivity contribution is -0.117. The Bertz CT molecular complexity index is 711. The Hall–Kier alpha value is -2.10. The monoisotopic (exact) mass is 284 g/mol. The zero-order chi connectivity index (χ0) is 15.0. The lowest BCUT2D eigenvalue weighted by atomic mass is 10.0. The first-order chi connectivity index (χ1) is 10.1. The Morgan fingerprint density at radius 3 is 2.67 bits per heavy atom. The molecule has 0 bridgehead atoms. The van der Waals surface area contributed by atoms with Crippen molar-refractivity contribution in [2.45, 2.75) is 33.1 Å². The number of carbonyl (C=O) groups excluding carboxylic acids is 2. The number of amides is 1. The highest BCUT2D eigenvalue weighted by Gasteiger charge is 2.41. The molecule has 3 rings (SSSR count). The summed E-state index contributed by atoms with van der Waals surface area (Å²) in [4.78, 5) is 27.7. The zero-order valence-electron chi connectivity index (χ0n) is 12.5. The standard InChI is InChI=1S/C17H20N2O2/c1-3-17(8-9-17)10-18-16(21)15(20)14-11(2)19-13-7-5-4-6-12(13)14/h4-7,19H,3,8-10H2,1-2H3,(H,18,21). The molecule has 1 aromatic carbocycles. The van der Waals surface area contributed by atoms with E-state index in [4.69, 9.17) is 0 Å². The van der Waals surface area contributed by atoms with Crippen LogP contribution in [0.5, 0.6) is 0 Å². The summed E-state index contributed by atoms with van der Waals surface area (Å²) in [6.45, 7) is 4.56. The molecule has 1 aliphatic rings. The van der Waals surface area contributed by atoms with Crippen LogP contribution in [0.3, 0.4) is 0 Å². The van der Waals surface area contributed by atoms with Crippen molar-refractivity contribution in [3.05, 3.63) is 35.5 Å². The molecular weight excluding hydrogens is 264 g/mol. The number of aromatic nitrogens is 1. The van der Waals surface area contributed by atoms with Gasteiger partial charge in [0.2, 0.25) is 0 Å². The highest BCUT2D eigenvalue weighted by molar-refractivity contribution is 6.45. The van der Waals surface area contributed by atoms with Gasteiger partial charge in [-0.1, -0.05) is 25.1 Å². The molecule has 1 fully saturated rings. The molecule has 0 aliphatic heterocycles. The summed E-state index contributed by atoms with van der Waals surface area (Å²) in [6, 6.07) is 7.56. The molecular formula is C17H20N2O2. The predicted octanol–water partition coefficient (Wildman–Crippen LogP) is 2.97. The van der Waals surface area contributed by atoms with Gasteiger partial charge in [0.15, 0.2) is 0 Å². The number of aryl methyl sites for hydroxylation is 1. The number of H-pyrrole nitrogens is 1. The Balaban J connectivity index is 1.80. The molecule has 2 aromatic rings. The first-order valence-corrected chi connectivity index (χ1v) is 7.46. The van der Waals surface area contributed by atoms with Gasteiger partial charge in [0.05, 0.1) is 5.56 Å². The van der Waals surface area contributed by atoms with Crippen molar-refractivity contribution >= 4 is 22.6 Å². The van der Waals surface area contributed by atoms with Crippen LogP contribution in [0.1, 0.15) is 42.2 Å². The summed E-state index contributed by atoms with van der Waals surface area (Å²) >= 11 is 0. The highest BCUT2D eigenvalue weighted by Crippen LogP contribution is 2.47. The second-order valence-electron chi connectivity index (χ2n) is 6.04. The molecule has 0 saturated heterocycles. The summed E-state index contributed by atoms with van der Waals surface area (Å²) in [5.41, 5.74) is 2.36. The topological polar surface area (TPSA) is 62.0 Å². The fourth-order valence-corrected chi connectivity index (χ4v) is 2.86. The first-order valence-electron chi connectivity index (χ1n) is 7.46. The zero-order valence-corrected chi connectivity index (χ0v) is 12.5. The number of fused-ring (bicyclic) bond motifs is 1. The van der Waals surface area contributed by atoms with Gasteiger partial charge in [-0.25, -0.2) is 0 Å². The number of benzene rings is 1. The molecule has 4 nitrogen and oxygen atoms in total. The number of rotatable bonds is 5. The van der Waals surface area contributed by atoms with Crippen molar-refractivity contribution in [1.82, 2.24) is 10.3 Å². The van der Waals surface area contributed by atoms with E-state index in [0.717, 1.165) is 35.9 Å². The third kappa shape index (κ3) is 2.46. The number of nitrogens with one attached hydrogen (secondary N) is 2. The molecule has 1 saturated carbocycles. The van der Waals surface area contributed by atoms with Gasteiger partial charge in [0, 0.05) is 23.1 Å². The van der Waals surface area contributed by atoms with Crippen LogP contribution in [-0.4, -0.2) is 23.2 Å². The molecule has 0 atom stereocenters. The summed E-state index contributed by atoms with van der Waals surface area (Å²) < 4.78 is 0. The van der Waals surface area contributed by atoms with Gasteiger partial charge in [-0.15, -0.1) is 0 Å². The number of aromatic amines is 1. The van der Waals surface area contributed by atoms with Crippen LogP contribution in [0, 0.1) is 12.3 Å². The van der Waals surface area contributed by atoms with E-state index < -0.39 is 11.7 Å². The summed E-state index contributed by atoms with van der Waals surface area (Å²) in [5.74, 6) is -0.945. The fourth-order valence-electron chi connectivity index (χ4n) is 2.86. The Morgan fingerprint density at radius 1 is 1.29 bits per heavy atom. The number of Topliss-reactive ketones (excluding diaryl/α,β-unsaturated/α-hetero) is 1. The molecule has 1 heterocycles. The lowest BCUT2D eigenvalue weighted by Crippen LogP contribution is -2.35. The number of hydrogen-bond donors (Lipinski definition) is 2. The van der Waals surface area contributed by atoms with E-state index >= 15 is 0 Å². The first kappa shape index (κ1) is 13.9. The molecule has 1 amide bonds. The van der Waals surface area contributed by atoms with Crippen molar-refractivity contribution in [3.63, 3.8) is 0 Å². The molecule has 2 N–H and O–H groups in total. The van der Waals surface area contributed by atoms with Crippen molar-refractivity contribution in [3.8, 4) is 0 Å². The minimum atomic E-state index is -0.498. The molecule has 21 heavy (non-hydrogen) atoms. The van der Waals surface area contributed by atoms with Gasteiger partial charge in [-0.05, 0) is 37.7 Å². The van der Waals surface area contributed by atoms with E-state index in [9.17, 15) is 9.59 Å². The van der Waals surface area contributed by atoms with E-state index in [1.165, 1.54) is 0 Å². The van der Waals surface area contributed by atoms with Gasteiger partial charge in [0.1, 0.15) is 0 Å². The van der Waals surface area contributed by atoms with E-state index in [0.29, 0.717) is 12.1 Å². The summed E-state index contributed by atoms with van der Waals surface area (Å²) in [7, 11) is 0. The van der Waals surface area contributed by atoms with Crippen LogP contribution in [-0.2, 0) is 4.79 Å². The average molecular weight is 284 g/mol. The lowest BCUT2D eigenvalue weighted by Gasteiger charge is -2.12. The van der Waals surface area contributed by atoms with E-state index in [1.54, 1.807) is 0 Å². The largest absolute Gasteiger partial charge is 0.358 e. The van der Waals surface area contributed by atoms with Gasteiger partial charge >= 0.3 is 0 Å². The van der Waals surface area contributed by atoms with Gasteiger partial charge < -0.3 is 10.3 Å². The maximum Gasteiger partial charge on any atom is 0.292 e. The number of carbonyl (C=O) groups is 2. The molecule has 110 valence electrons. The fraction of sp³-hybridized carbons (Fsp3) is 0.412. The maximum atomic E-state index is 12.4. The minimum absolute atomic E-state index is 0.241. The molecule has 1 aliphatic carbocycles. The Morgan fingerprint density at radius 2 is 2.00 bits per heavy atom. The molecule has 4 heteroatoms. The Labute approximate surface area is 123 Å². The third-order valence-electron chi connectivity index (χ3n) is 4.66. The van der Waals surface area contributed by atoms with E-state index in [-0.39, 0.29) is 5.41 Å². The summed E-state index contributed by atoms with van der Waals surface area (Å²) in [5, 5.41) is 3.63. The van der Waals surface area contributed by atoms with Crippen molar-refractivity contribution in [1.29, 1.82) is 0 Å². The van der Waals surface area contributed by atoms with Crippen molar-refractivity contribution in [2.24, 2.45) is 5.41 Å². The van der Waals surface area contributed by atoms with Crippen LogP contribution in [0.25, 0.3) is 10.9 Å². The highest BCUT2D eigenvalue weighted by atomic mass is 16.2. The molecule has 1 aromatic heterocycles.